The summed E-state index contributed by atoms with van der Waals surface area (Å²) >= 11 is 0. The zero-order valence-electron chi connectivity index (χ0n) is 10.6. The van der Waals surface area contributed by atoms with Gasteiger partial charge in [0.25, 0.3) is 0 Å². The predicted molar refractivity (Wildman–Crippen MR) is 66.2 cm³/mol. The molecule has 0 bridgehead atoms. The first kappa shape index (κ1) is 13.6. The highest BCUT2D eigenvalue weighted by atomic mass is 16.7. The fourth-order valence-electron chi connectivity index (χ4n) is 1.32. The topological polar surface area (TPSA) is 54.7 Å². The van der Waals surface area contributed by atoms with E-state index in [4.69, 9.17) is 15.0 Å². The molecule has 0 saturated carbocycles. The summed E-state index contributed by atoms with van der Waals surface area (Å²) in [5, 5.41) is 3.33. The number of hydrogen-bond acceptors (Lipinski definition) is 4. The SMILES string of the molecule is CC(C)COC(C)Oc1ccc(CN=N)cc1. The average molecular weight is 236 g/mol. The Bertz CT molecular complexity index is 336. The normalized spacial score (nSPS) is 12.5. The van der Waals surface area contributed by atoms with Crippen LogP contribution >= 0.6 is 0 Å². The van der Waals surface area contributed by atoms with Crippen LogP contribution in [0.25, 0.3) is 0 Å². The molecule has 1 N–H and O–H groups in total. The molecule has 0 heterocycles. The van der Waals surface area contributed by atoms with E-state index in [9.17, 15) is 0 Å². The third-order valence-corrected chi connectivity index (χ3v) is 2.15. The quantitative estimate of drug-likeness (QED) is 0.580. The zero-order chi connectivity index (χ0) is 12.7. The molecule has 1 aromatic rings. The second-order valence-electron chi connectivity index (χ2n) is 4.37. The summed E-state index contributed by atoms with van der Waals surface area (Å²) in [6.07, 6.45) is -0.246. The van der Waals surface area contributed by atoms with Crippen molar-refractivity contribution in [2.24, 2.45) is 11.0 Å². The molecule has 94 valence electrons. The molecule has 1 atom stereocenters. The lowest BCUT2D eigenvalue weighted by molar-refractivity contribution is -0.0755. The van der Waals surface area contributed by atoms with E-state index >= 15 is 0 Å². The van der Waals surface area contributed by atoms with E-state index in [-0.39, 0.29) is 6.29 Å². The van der Waals surface area contributed by atoms with Gasteiger partial charge < -0.3 is 9.47 Å². The van der Waals surface area contributed by atoms with Crippen LogP contribution in [-0.2, 0) is 11.3 Å². The van der Waals surface area contributed by atoms with Crippen molar-refractivity contribution in [3.05, 3.63) is 29.8 Å². The minimum absolute atomic E-state index is 0.246. The third-order valence-electron chi connectivity index (χ3n) is 2.15. The van der Waals surface area contributed by atoms with Crippen molar-refractivity contribution in [1.82, 2.24) is 0 Å². The van der Waals surface area contributed by atoms with Crippen LogP contribution in [0.5, 0.6) is 5.75 Å². The first-order valence-electron chi connectivity index (χ1n) is 5.82. The molecular formula is C13H20N2O2. The van der Waals surface area contributed by atoms with Gasteiger partial charge in [-0.3, -0.25) is 0 Å². The molecule has 0 aromatic heterocycles. The second kappa shape index (κ2) is 7.01. The molecule has 4 nitrogen and oxygen atoms in total. The number of ether oxygens (including phenoxy) is 2. The summed E-state index contributed by atoms with van der Waals surface area (Å²) < 4.78 is 11.1. The molecule has 1 rings (SSSR count). The van der Waals surface area contributed by atoms with Crippen molar-refractivity contribution >= 4 is 0 Å². The predicted octanol–water partition coefficient (Wildman–Crippen LogP) is 3.61. The van der Waals surface area contributed by atoms with Gasteiger partial charge in [-0.25, -0.2) is 5.53 Å². The van der Waals surface area contributed by atoms with Crippen LogP contribution in [0.4, 0.5) is 0 Å². The molecule has 0 aliphatic carbocycles. The molecule has 4 heteroatoms. The van der Waals surface area contributed by atoms with E-state index < -0.39 is 0 Å². The van der Waals surface area contributed by atoms with E-state index in [2.05, 4.69) is 19.0 Å². The Balaban J connectivity index is 2.42. The van der Waals surface area contributed by atoms with Crippen LogP contribution < -0.4 is 4.74 Å². The van der Waals surface area contributed by atoms with Gasteiger partial charge in [0.15, 0.2) is 6.29 Å². The van der Waals surface area contributed by atoms with Gasteiger partial charge in [0.05, 0.1) is 13.2 Å². The molecule has 0 saturated heterocycles. The molecule has 0 aliphatic rings. The Hall–Kier alpha value is -1.42. The maximum atomic E-state index is 6.78. The summed E-state index contributed by atoms with van der Waals surface area (Å²) in [7, 11) is 0. The zero-order valence-corrected chi connectivity index (χ0v) is 10.6. The van der Waals surface area contributed by atoms with E-state index in [1.165, 1.54) is 0 Å². The molecule has 17 heavy (non-hydrogen) atoms. The van der Waals surface area contributed by atoms with Gasteiger partial charge in [0, 0.05) is 0 Å². The monoisotopic (exact) mass is 236 g/mol. The third kappa shape index (κ3) is 5.45. The number of rotatable bonds is 7. The van der Waals surface area contributed by atoms with Gasteiger partial charge in [-0.2, -0.15) is 5.11 Å². The molecule has 1 unspecified atom stereocenters. The second-order valence-corrected chi connectivity index (χ2v) is 4.37. The van der Waals surface area contributed by atoms with E-state index in [1.807, 2.05) is 31.2 Å². The van der Waals surface area contributed by atoms with Crippen LogP contribution in [0.1, 0.15) is 26.3 Å². The maximum absolute atomic E-state index is 6.78. The fourth-order valence-corrected chi connectivity index (χ4v) is 1.32. The molecule has 0 aliphatic heterocycles. The van der Waals surface area contributed by atoms with Gasteiger partial charge in [0.1, 0.15) is 5.75 Å². The van der Waals surface area contributed by atoms with Crippen molar-refractivity contribution in [2.45, 2.75) is 33.6 Å². The van der Waals surface area contributed by atoms with Crippen molar-refractivity contribution in [1.29, 1.82) is 5.53 Å². The van der Waals surface area contributed by atoms with Gasteiger partial charge in [0.2, 0.25) is 0 Å². The molecule has 0 amide bonds. The van der Waals surface area contributed by atoms with Gasteiger partial charge in [-0.15, -0.1) is 0 Å². The maximum Gasteiger partial charge on any atom is 0.196 e. The standard InChI is InChI=1S/C13H20N2O2/c1-10(2)9-16-11(3)17-13-6-4-12(5-7-13)8-15-14/h4-7,10-11,14H,8-9H2,1-3H3. The Morgan fingerprint density at radius 1 is 1.18 bits per heavy atom. The van der Waals surface area contributed by atoms with Crippen LogP contribution in [0.2, 0.25) is 0 Å². The highest BCUT2D eigenvalue weighted by molar-refractivity contribution is 5.27. The first-order valence-corrected chi connectivity index (χ1v) is 5.82. The van der Waals surface area contributed by atoms with Crippen molar-refractivity contribution in [3.63, 3.8) is 0 Å². The van der Waals surface area contributed by atoms with Crippen molar-refractivity contribution < 1.29 is 9.47 Å². The fraction of sp³-hybridized carbons (Fsp3) is 0.538. The van der Waals surface area contributed by atoms with Gasteiger partial charge >= 0.3 is 0 Å². The minimum Gasteiger partial charge on any atom is -0.465 e. The van der Waals surface area contributed by atoms with Gasteiger partial charge in [-0.05, 0) is 30.5 Å². The molecular weight excluding hydrogens is 216 g/mol. The summed E-state index contributed by atoms with van der Waals surface area (Å²) in [5.41, 5.74) is 7.78. The summed E-state index contributed by atoms with van der Waals surface area (Å²) in [6, 6.07) is 7.55. The Morgan fingerprint density at radius 3 is 2.35 bits per heavy atom. The smallest absolute Gasteiger partial charge is 0.196 e. The average Bonchev–Trinajstić information content (AvgIpc) is 2.29. The highest BCUT2D eigenvalue weighted by Gasteiger charge is 2.05. The first-order chi connectivity index (χ1) is 8.11. The Labute approximate surface area is 102 Å². The summed E-state index contributed by atoms with van der Waals surface area (Å²) in [6.45, 7) is 7.20. The van der Waals surface area contributed by atoms with E-state index in [1.54, 1.807) is 0 Å². The van der Waals surface area contributed by atoms with Gasteiger partial charge in [-0.1, -0.05) is 26.0 Å². The number of hydrogen-bond donors (Lipinski definition) is 1. The molecule has 0 spiro atoms. The summed E-state index contributed by atoms with van der Waals surface area (Å²) in [5.74, 6) is 1.28. The summed E-state index contributed by atoms with van der Waals surface area (Å²) in [4.78, 5) is 0. The van der Waals surface area contributed by atoms with Crippen LogP contribution in [0.3, 0.4) is 0 Å². The molecule has 0 radical (unpaired) electrons. The van der Waals surface area contributed by atoms with E-state index in [0.717, 1.165) is 11.3 Å². The van der Waals surface area contributed by atoms with Crippen LogP contribution in [0, 0.1) is 11.4 Å². The Morgan fingerprint density at radius 2 is 1.82 bits per heavy atom. The van der Waals surface area contributed by atoms with Crippen LogP contribution in [0.15, 0.2) is 29.4 Å². The van der Waals surface area contributed by atoms with E-state index in [0.29, 0.717) is 19.1 Å². The van der Waals surface area contributed by atoms with Crippen molar-refractivity contribution in [3.8, 4) is 5.75 Å². The molecule has 0 fully saturated rings. The number of nitrogens with zero attached hydrogens (tertiary/aromatic N) is 1. The number of benzene rings is 1. The highest BCUT2D eigenvalue weighted by Crippen LogP contribution is 2.15. The van der Waals surface area contributed by atoms with Crippen LogP contribution in [-0.4, -0.2) is 12.9 Å². The number of nitrogens with one attached hydrogen (secondary N) is 1. The van der Waals surface area contributed by atoms with Crippen molar-refractivity contribution in [2.75, 3.05) is 6.61 Å². The lowest BCUT2D eigenvalue weighted by Gasteiger charge is -2.16. The largest absolute Gasteiger partial charge is 0.465 e. The minimum atomic E-state index is -0.246. The lowest BCUT2D eigenvalue weighted by Crippen LogP contribution is -2.18. The lowest BCUT2D eigenvalue weighted by atomic mass is 10.2. The molecule has 1 aromatic carbocycles. The Kier molecular flexibility index (Phi) is 5.63.